The zero-order chi connectivity index (χ0) is 27.6. The molecule has 0 bridgehead atoms. The predicted molar refractivity (Wildman–Crippen MR) is 170 cm³/mol. The van der Waals surface area contributed by atoms with E-state index in [1.54, 1.807) is 0 Å². The van der Waals surface area contributed by atoms with Gasteiger partial charge in [-0.3, -0.25) is 0 Å². The topological polar surface area (TPSA) is 52.1 Å². The maximum absolute atomic E-state index is 6.51. The Morgan fingerprint density at radius 2 is 1.17 bits per heavy atom. The van der Waals surface area contributed by atoms with Crippen LogP contribution in [0.1, 0.15) is 0 Å². The molecule has 4 heteroatoms. The fourth-order valence-corrected chi connectivity index (χ4v) is 6.07. The fraction of sp³-hybridized carbons (Fsp3) is 0. The number of nitrogens with zero attached hydrogens (tertiary/aromatic N) is 2. The SMILES string of the molecule is c1ccc(-c2nc(-c3cc(-c4ccc5ccccc5c4)cc4oc5ccccc5c34)c3oc4ccccc4c3n2)cc1. The number of rotatable bonds is 3. The Morgan fingerprint density at radius 1 is 0.452 bits per heavy atom. The first-order chi connectivity index (χ1) is 20.8. The highest BCUT2D eigenvalue weighted by molar-refractivity contribution is 6.17. The summed E-state index contributed by atoms with van der Waals surface area (Å²) in [6.45, 7) is 0. The zero-order valence-corrected chi connectivity index (χ0v) is 22.4. The Labute approximate surface area is 240 Å². The molecule has 0 saturated carbocycles. The van der Waals surface area contributed by atoms with Crippen molar-refractivity contribution in [1.29, 1.82) is 0 Å². The first kappa shape index (κ1) is 23.0. The van der Waals surface area contributed by atoms with Crippen LogP contribution in [0.5, 0.6) is 0 Å². The molecule has 0 aliphatic rings. The summed E-state index contributed by atoms with van der Waals surface area (Å²) >= 11 is 0. The second-order valence-electron chi connectivity index (χ2n) is 10.6. The standard InChI is InChI=1S/C38H22N2O2/c1-2-11-24(12-3-1)38-39-35-29-15-7-9-17-32(29)42-37(35)36(40-38)30-21-27(26-19-18-23-10-4-5-13-25(23)20-26)22-33-34(30)28-14-6-8-16-31(28)41-33/h1-22H. The van der Waals surface area contributed by atoms with Crippen LogP contribution in [-0.4, -0.2) is 9.97 Å². The lowest BCUT2D eigenvalue weighted by Crippen LogP contribution is -1.95. The number of aromatic nitrogens is 2. The summed E-state index contributed by atoms with van der Waals surface area (Å²) in [5.74, 6) is 0.654. The molecular weight excluding hydrogens is 516 g/mol. The molecule has 3 heterocycles. The molecule has 0 N–H and O–H groups in total. The predicted octanol–water partition coefficient (Wildman–Crippen LogP) is 10.4. The van der Waals surface area contributed by atoms with Gasteiger partial charge in [0.2, 0.25) is 0 Å². The average molecular weight is 539 g/mol. The zero-order valence-electron chi connectivity index (χ0n) is 22.4. The van der Waals surface area contributed by atoms with Gasteiger partial charge in [0.15, 0.2) is 11.4 Å². The molecule has 0 radical (unpaired) electrons. The van der Waals surface area contributed by atoms with E-state index >= 15 is 0 Å². The molecule has 42 heavy (non-hydrogen) atoms. The summed E-state index contributed by atoms with van der Waals surface area (Å²) < 4.78 is 13.0. The summed E-state index contributed by atoms with van der Waals surface area (Å²) in [5, 5.41) is 5.41. The number of furan rings is 2. The van der Waals surface area contributed by atoms with Crippen LogP contribution in [-0.2, 0) is 0 Å². The van der Waals surface area contributed by atoms with Gasteiger partial charge in [-0.1, -0.05) is 97.1 Å². The van der Waals surface area contributed by atoms with Crippen LogP contribution >= 0.6 is 0 Å². The molecule has 196 valence electrons. The smallest absolute Gasteiger partial charge is 0.180 e. The molecule has 0 atom stereocenters. The summed E-state index contributed by atoms with van der Waals surface area (Å²) in [5.41, 5.74) is 8.69. The van der Waals surface area contributed by atoms with Crippen LogP contribution in [0.25, 0.3) is 88.6 Å². The second kappa shape index (κ2) is 8.88. The highest BCUT2D eigenvalue weighted by atomic mass is 16.3. The van der Waals surface area contributed by atoms with Gasteiger partial charge < -0.3 is 8.83 Å². The summed E-state index contributed by atoms with van der Waals surface area (Å²) in [4.78, 5) is 10.2. The summed E-state index contributed by atoms with van der Waals surface area (Å²) in [6.07, 6.45) is 0. The number of hydrogen-bond donors (Lipinski definition) is 0. The van der Waals surface area contributed by atoms with Gasteiger partial charge in [0.1, 0.15) is 28.0 Å². The maximum atomic E-state index is 6.51. The van der Waals surface area contributed by atoms with E-state index in [0.717, 1.165) is 66.4 Å². The minimum atomic E-state index is 0.654. The highest BCUT2D eigenvalue weighted by Gasteiger charge is 2.22. The van der Waals surface area contributed by atoms with E-state index in [0.29, 0.717) is 11.4 Å². The van der Waals surface area contributed by atoms with E-state index in [9.17, 15) is 0 Å². The van der Waals surface area contributed by atoms with Crippen molar-refractivity contribution in [2.75, 3.05) is 0 Å². The van der Waals surface area contributed by atoms with Crippen molar-refractivity contribution in [3.05, 3.63) is 133 Å². The van der Waals surface area contributed by atoms with Crippen molar-refractivity contribution in [1.82, 2.24) is 9.97 Å². The Bertz CT molecular complexity index is 2470. The molecule has 9 rings (SSSR count). The fourth-order valence-electron chi connectivity index (χ4n) is 6.07. The molecule has 0 fully saturated rings. The van der Waals surface area contributed by atoms with Crippen LogP contribution in [0.3, 0.4) is 0 Å². The Kier molecular flexibility index (Phi) is 4.87. The van der Waals surface area contributed by atoms with Gasteiger partial charge in [0.25, 0.3) is 0 Å². The molecule has 0 spiro atoms. The molecule has 0 saturated heterocycles. The monoisotopic (exact) mass is 538 g/mol. The van der Waals surface area contributed by atoms with Gasteiger partial charge in [-0.05, 0) is 58.3 Å². The molecule has 0 unspecified atom stereocenters. The molecule has 6 aromatic carbocycles. The second-order valence-corrected chi connectivity index (χ2v) is 10.6. The third-order valence-corrected chi connectivity index (χ3v) is 8.07. The number of hydrogen-bond acceptors (Lipinski definition) is 4. The molecule has 3 aromatic heterocycles. The largest absolute Gasteiger partial charge is 0.456 e. The van der Waals surface area contributed by atoms with Crippen molar-refractivity contribution in [3.8, 4) is 33.8 Å². The first-order valence-electron chi connectivity index (χ1n) is 14.0. The van der Waals surface area contributed by atoms with E-state index in [-0.39, 0.29) is 0 Å². The molecule has 9 aromatic rings. The molecule has 0 amide bonds. The van der Waals surface area contributed by atoms with Crippen LogP contribution < -0.4 is 0 Å². The number of benzene rings is 6. The van der Waals surface area contributed by atoms with Gasteiger partial charge >= 0.3 is 0 Å². The average Bonchev–Trinajstić information content (AvgIpc) is 3.62. The van der Waals surface area contributed by atoms with Crippen molar-refractivity contribution in [2.45, 2.75) is 0 Å². The van der Waals surface area contributed by atoms with E-state index in [4.69, 9.17) is 18.8 Å². The normalized spacial score (nSPS) is 11.8. The molecule has 0 aliphatic carbocycles. The Morgan fingerprint density at radius 3 is 2.02 bits per heavy atom. The van der Waals surface area contributed by atoms with Gasteiger partial charge in [-0.15, -0.1) is 0 Å². The van der Waals surface area contributed by atoms with Crippen LogP contribution in [0.4, 0.5) is 0 Å². The Balaban J connectivity index is 1.42. The first-order valence-corrected chi connectivity index (χ1v) is 14.0. The van der Waals surface area contributed by atoms with Crippen molar-refractivity contribution >= 4 is 54.8 Å². The summed E-state index contributed by atoms with van der Waals surface area (Å²) in [7, 11) is 0. The molecule has 0 aliphatic heterocycles. The van der Waals surface area contributed by atoms with Crippen molar-refractivity contribution < 1.29 is 8.83 Å². The molecular formula is C38H22N2O2. The third kappa shape index (κ3) is 3.49. The number of fused-ring (bicyclic) bond motifs is 7. The van der Waals surface area contributed by atoms with Crippen molar-refractivity contribution in [3.63, 3.8) is 0 Å². The van der Waals surface area contributed by atoms with Crippen molar-refractivity contribution in [2.24, 2.45) is 0 Å². The highest BCUT2D eigenvalue weighted by Crippen LogP contribution is 2.43. The molecule has 4 nitrogen and oxygen atoms in total. The van der Waals surface area contributed by atoms with E-state index < -0.39 is 0 Å². The van der Waals surface area contributed by atoms with Gasteiger partial charge in [0, 0.05) is 27.3 Å². The van der Waals surface area contributed by atoms with E-state index in [1.165, 1.54) is 10.8 Å². The summed E-state index contributed by atoms with van der Waals surface area (Å²) in [6, 6.07) is 45.7. The Hall–Kier alpha value is -5.74. The minimum absolute atomic E-state index is 0.654. The van der Waals surface area contributed by atoms with Gasteiger partial charge in [-0.2, -0.15) is 0 Å². The van der Waals surface area contributed by atoms with Crippen LogP contribution in [0.15, 0.2) is 142 Å². The van der Waals surface area contributed by atoms with Gasteiger partial charge in [0.05, 0.1) is 0 Å². The lowest BCUT2D eigenvalue weighted by molar-refractivity contribution is 0.667. The quantitative estimate of drug-likeness (QED) is 0.224. The lowest BCUT2D eigenvalue weighted by atomic mass is 9.95. The van der Waals surface area contributed by atoms with Crippen LogP contribution in [0, 0.1) is 0 Å². The van der Waals surface area contributed by atoms with E-state index in [1.807, 2.05) is 66.7 Å². The number of para-hydroxylation sites is 2. The maximum Gasteiger partial charge on any atom is 0.180 e. The van der Waals surface area contributed by atoms with E-state index in [2.05, 4.69) is 66.7 Å². The third-order valence-electron chi connectivity index (χ3n) is 8.07. The van der Waals surface area contributed by atoms with Crippen LogP contribution in [0.2, 0.25) is 0 Å². The minimum Gasteiger partial charge on any atom is -0.456 e. The van der Waals surface area contributed by atoms with Gasteiger partial charge in [-0.25, -0.2) is 9.97 Å². The lowest BCUT2D eigenvalue weighted by Gasteiger charge is -2.11.